The first-order valence-corrected chi connectivity index (χ1v) is 16.3. The number of aliphatic carboxylic acids is 1. The highest BCUT2D eigenvalue weighted by Gasteiger charge is 2.36. The average molecular weight is 539 g/mol. The highest BCUT2D eigenvalue weighted by Crippen LogP contribution is 2.26. The molecule has 0 aromatic carbocycles. The zero-order valence-corrected chi connectivity index (χ0v) is 24.8. The first-order valence-electron chi connectivity index (χ1n) is 14.2. The predicted octanol–water partition coefficient (Wildman–Crippen LogP) is 7.67. The van der Waals surface area contributed by atoms with Gasteiger partial charge in [0.1, 0.15) is 8.46 Å². The number of aliphatic hydroxyl groups is 1. The van der Waals surface area contributed by atoms with E-state index >= 15 is 0 Å². The van der Waals surface area contributed by atoms with Gasteiger partial charge in [-0.3, -0.25) is 0 Å². The SMILES string of the molecule is CCCCCCCCCCCCSC(CCCCCCC)C(C)OCCCOC(O)([PH2]=O)C(=O)O. The third-order valence-corrected chi connectivity index (χ3v) is 8.71. The number of hydrogen-bond donors (Lipinski definition) is 2. The fourth-order valence-corrected chi connectivity index (χ4v) is 5.68. The number of hydrogen-bond acceptors (Lipinski definition) is 6. The lowest BCUT2D eigenvalue weighted by molar-refractivity contribution is -0.190. The number of thioether (sulfide) groups is 1. The van der Waals surface area contributed by atoms with Crippen molar-refractivity contribution in [3.63, 3.8) is 0 Å². The van der Waals surface area contributed by atoms with Gasteiger partial charge < -0.3 is 24.3 Å². The maximum Gasteiger partial charge on any atom is 0.371 e. The smallest absolute Gasteiger partial charge is 0.371 e. The molecule has 6 nitrogen and oxygen atoms in total. The summed E-state index contributed by atoms with van der Waals surface area (Å²) in [4.78, 5) is 10.9. The van der Waals surface area contributed by atoms with Crippen LogP contribution in [0.5, 0.6) is 0 Å². The quantitative estimate of drug-likeness (QED) is 0.0629. The second kappa shape index (κ2) is 24.3. The molecule has 0 amide bonds. The van der Waals surface area contributed by atoms with E-state index in [4.69, 9.17) is 14.6 Å². The summed E-state index contributed by atoms with van der Waals surface area (Å²) < 4.78 is 21.9. The second-order valence-corrected chi connectivity index (χ2v) is 12.1. The first kappa shape index (κ1) is 34.9. The molecule has 0 rings (SSSR count). The van der Waals surface area contributed by atoms with Gasteiger partial charge in [0.15, 0.2) is 0 Å². The van der Waals surface area contributed by atoms with Gasteiger partial charge in [-0.15, -0.1) is 0 Å². The van der Waals surface area contributed by atoms with E-state index in [9.17, 15) is 14.5 Å². The molecule has 0 radical (unpaired) electrons. The number of ether oxygens (including phenoxy) is 2. The zero-order valence-electron chi connectivity index (χ0n) is 22.8. The van der Waals surface area contributed by atoms with E-state index in [-0.39, 0.29) is 12.7 Å². The van der Waals surface area contributed by atoms with Gasteiger partial charge >= 0.3 is 11.5 Å². The topological polar surface area (TPSA) is 93.1 Å². The normalized spacial score (nSPS) is 15.4. The van der Waals surface area contributed by atoms with E-state index in [1.54, 1.807) is 0 Å². The van der Waals surface area contributed by atoms with Crippen LogP contribution in [-0.4, -0.2) is 52.0 Å². The minimum absolute atomic E-state index is 0.00179. The second-order valence-electron chi connectivity index (χ2n) is 9.69. The van der Waals surface area contributed by atoms with Crippen molar-refractivity contribution in [1.82, 2.24) is 0 Å². The molecule has 0 aliphatic rings. The largest absolute Gasteiger partial charge is 0.477 e. The fourth-order valence-electron chi connectivity index (χ4n) is 4.04. The summed E-state index contributed by atoms with van der Waals surface area (Å²) >= 11 is 2.03. The van der Waals surface area contributed by atoms with E-state index in [0.29, 0.717) is 18.3 Å². The van der Waals surface area contributed by atoms with Crippen LogP contribution in [0.3, 0.4) is 0 Å². The Bertz CT molecular complexity index is 510. The Kier molecular flexibility index (Phi) is 24.2. The van der Waals surface area contributed by atoms with Gasteiger partial charge in [0, 0.05) is 11.9 Å². The van der Waals surface area contributed by atoms with Crippen molar-refractivity contribution >= 4 is 26.2 Å². The molecule has 0 bridgehead atoms. The van der Waals surface area contributed by atoms with E-state index < -0.39 is 20.0 Å². The lowest BCUT2D eigenvalue weighted by atomic mass is 10.1. The van der Waals surface area contributed by atoms with E-state index in [1.165, 1.54) is 102 Å². The number of unbranched alkanes of at least 4 members (excludes halogenated alkanes) is 13. The van der Waals surface area contributed by atoms with Gasteiger partial charge in [0.2, 0.25) is 0 Å². The molecule has 4 atom stereocenters. The summed E-state index contributed by atoms with van der Waals surface area (Å²) in [6, 6.07) is 0. The molecule has 0 aromatic heterocycles. The van der Waals surface area contributed by atoms with Crippen molar-refractivity contribution in [2.24, 2.45) is 0 Å². The van der Waals surface area contributed by atoms with Crippen molar-refractivity contribution in [1.29, 1.82) is 0 Å². The molecule has 0 aliphatic carbocycles. The van der Waals surface area contributed by atoms with Crippen LogP contribution in [0.4, 0.5) is 0 Å². The van der Waals surface area contributed by atoms with Crippen LogP contribution in [0.25, 0.3) is 0 Å². The third-order valence-electron chi connectivity index (χ3n) is 6.40. The lowest BCUT2D eigenvalue weighted by Gasteiger charge is -2.24. The Balaban J connectivity index is 4.17. The molecular formula is C27H55O6PS. The Morgan fingerprint density at radius 1 is 0.829 bits per heavy atom. The highest BCUT2D eigenvalue weighted by molar-refractivity contribution is 7.99. The van der Waals surface area contributed by atoms with Crippen LogP contribution in [0.15, 0.2) is 0 Å². The highest BCUT2D eigenvalue weighted by atomic mass is 32.2. The Morgan fingerprint density at radius 2 is 1.34 bits per heavy atom. The molecule has 2 N–H and O–H groups in total. The average Bonchev–Trinajstić information content (AvgIpc) is 2.85. The monoisotopic (exact) mass is 538 g/mol. The summed E-state index contributed by atoms with van der Waals surface area (Å²) in [5.74, 6) is -0.437. The zero-order chi connectivity index (χ0) is 26.2. The van der Waals surface area contributed by atoms with Crippen molar-refractivity contribution in [2.75, 3.05) is 19.0 Å². The summed E-state index contributed by atoms with van der Waals surface area (Å²) in [6.45, 7) is 7.05. The first-order chi connectivity index (χ1) is 16.9. The summed E-state index contributed by atoms with van der Waals surface area (Å²) in [5, 5.41) is 19.0. The molecule has 35 heavy (non-hydrogen) atoms. The molecule has 0 fully saturated rings. The summed E-state index contributed by atoms with van der Waals surface area (Å²) in [6.07, 6.45) is 21.6. The van der Waals surface area contributed by atoms with Crippen molar-refractivity contribution in [2.45, 2.75) is 147 Å². The number of carboxylic acid groups (broad SMARTS) is 1. The maximum absolute atomic E-state index is 11.0. The molecule has 4 unspecified atom stereocenters. The van der Waals surface area contributed by atoms with Crippen molar-refractivity contribution < 1.29 is 29.0 Å². The van der Waals surface area contributed by atoms with Gasteiger partial charge in [0.05, 0.1) is 12.7 Å². The summed E-state index contributed by atoms with van der Waals surface area (Å²) in [7, 11) is -1.98. The third kappa shape index (κ3) is 19.7. The van der Waals surface area contributed by atoms with Gasteiger partial charge in [-0.1, -0.05) is 104 Å². The van der Waals surface area contributed by atoms with Crippen LogP contribution >= 0.6 is 20.2 Å². The van der Waals surface area contributed by atoms with Crippen LogP contribution in [0.2, 0.25) is 0 Å². The van der Waals surface area contributed by atoms with Crippen molar-refractivity contribution in [3.8, 4) is 0 Å². The van der Waals surface area contributed by atoms with E-state index in [2.05, 4.69) is 20.8 Å². The standard InChI is InChI=1S/C27H55O6PS/c1-4-6-8-10-11-12-13-14-16-18-23-35-25(20-17-15-9-7-5-2)24(3)32-21-19-22-33-27(30,34-31)26(28)29/h24-25,30H,4-23,34H2,1-3H3,(H,28,29). The van der Waals surface area contributed by atoms with Crippen LogP contribution in [-0.2, 0) is 18.8 Å². The fraction of sp³-hybridized carbons (Fsp3) is 0.963. The Labute approximate surface area is 220 Å². The van der Waals surface area contributed by atoms with Gasteiger partial charge in [-0.2, -0.15) is 11.8 Å². The lowest BCUT2D eigenvalue weighted by Crippen LogP contribution is -2.36. The predicted molar refractivity (Wildman–Crippen MR) is 150 cm³/mol. The Morgan fingerprint density at radius 3 is 1.86 bits per heavy atom. The molecule has 8 heteroatoms. The molecule has 0 saturated carbocycles. The summed E-state index contributed by atoms with van der Waals surface area (Å²) in [5.41, 5.74) is -2.56. The van der Waals surface area contributed by atoms with E-state index in [1.807, 2.05) is 11.8 Å². The molecule has 0 aliphatic heterocycles. The van der Waals surface area contributed by atoms with E-state index in [0.717, 1.165) is 6.42 Å². The molecule has 0 aromatic rings. The number of carboxylic acids is 1. The minimum atomic E-state index is -2.56. The van der Waals surface area contributed by atoms with Gasteiger partial charge in [-0.25, -0.2) is 4.79 Å². The number of rotatable bonds is 27. The minimum Gasteiger partial charge on any atom is -0.477 e. The maximum atomic E-state index is 11.0. The van der Waals surface area contributed by atoms with Crippen LogP contribution < -0.4 is 0 Å². The van der Waals surface area contributed by atoms with Crippen molar-refractivity contribution in [3.05, 3.63) is 0 Å². The molecular weight excluding hydrogens is 483 g/mol. The van der Waals surface area contributed by atoms with Gasteiger partial charge in [-0.05, 0) is 31.9 Å². The molecule has 0 spiro atoms. The van der Waals surface area contributed by atoms with Crippen LogP contribution in [0, 0.1) is 0 Å². The molecule has 0 heterocycles. The molecule has 210 valence electrons. The van der Waals surface area contributed by atoms with Crippen LogP contribution in [0.1, 0.15) is 130 Å². The number of carbonyl (C=O) groups is 1. The molecule has 0 saturated heterocycles. The van der Waals surface area contributed by atoms with Gasteiger partial charge in [0.25, 0.3) is 0 Å². The Hall–Kier alpha value is -0.0700.